The molecule has 0 fully saturated rings. The van der Waals surface area contributed by atoms with Gasteiger partial charge < -0.3 is 15.2 Å². The van der Waals surface area contributed by atoms with E-state index >= 15 is 0 Å². The molecule has 0 unspecified atom stereocenters. The van der Waals surface area contributed by atoms with Gasteiger partial charge in [0.1, 0.15) is 17.1 Å². The number of ketones is 1. The van der Waals surface area contributed by atoms with Gasteiger partial charge in [-0.15, -0.1) is 0 Å². The molecule has 0 radical (unpaired) electrons. The van der Waals surface area contributed by atoms with Gasteiger partial charge >= 0.3 is 5.97 Å². The second kappa shape index (κ2) is 6.16. The van der Waals surface area contributed by atoms with Crippen LogP contribution < -0.4 is 5.32 Å². The maximum atomic E-state index is 11.4. The highest BCUT2D eigenvalue weighted by atomic mass is 16.5. The summed E-state index contributed by atoms with van der Waals surface area (Å²) in [6, 6.07) is 4.33. The molecule has 1 aromatic rings. The highest BCUT2D eigenvalue weighted by molar-refractivity contribution is 5.92. The predicted octanol–water partition coefficient (Wildman–Crippen LogP) is 0.898. The van der Waals surface area contributed by atoms with Crippen LogP contribution in [0.3, 0.4) is 0 Å². The van der Waals surface area contributed by atoms with Crippen LogP contribution in [-0.4, -0.2) is 37.1 Å². The standard InChI is InChI=1S/C13H17NO4/c1-8(15)11(14-2)7-9-4-5-12(16)10(6-9)13(17)18-3/h4-6,11,14,16H,7H2,1-3H3/t11-/m0/s1. The number of methoxy groups -OCH3 is 1. The summed E-state index contributed by atoms with van der Waals surface area (Å²) in [6.45, 7) is 1.50. The van der Waals surface area contributed by atoms with Crippen LogP contribution in [0, 0.1) is 0 Å². The smallest absolute Gasteiger partial charge is 0.341 e. The van der Waals surface area contributed by atoms with E-state index in [0.29, 0.717) is 6.42 Å². The van der Waals surface area contributed by atoms with Gasteiger partial charge in [-0.3, -0.25) is 4.79 Å². The third-order valence-corrected chi connectivity index (χ3v) is 2.75. The summed E-state index contributed by atoms with van der Waals surface area (Å²) >= 11 is 0. The molecule has 1 aromatic carbocycles. The lowest BCUT2D eigenvalue weighted by atomic mass is 10.0. The molecule has 2 N–H and O–H groups in total. The Morgan fingerprint density at radius 1 is 1.44 bits per heavy atom. The van der Waals surface area contributed by atoms with E-state index in [9.17, 15) is 14.7 Å². The number of esters is 1. The topological polar surface area (TPSA) is 75.6 Å². The number of hydrogen-bond acceptors (Lipinski definition) is 5. The first-order valence-corrected chi connectivity index (χ1v) is 5.57. The van der Waals surface area contributed by atoms with E-state index in [1.807, 2.05) is 0 Å². The highest BCUT2D eigenvalue weighted by Crippen LogP contribution is 2.20. The molecule has 5 heteroatoms. The molecule has 1 atom stereocenters. The molecule has 0 saturated carbocycles. The van der Waals surface area contributed by atoms with Crippen molar-refractivity contribution in [2.45, 2.75) is 19.4 Å². The molecule has 0 heterocycles. The van der Waals surface area contributed by atoms with E-state index in [1.54, 1.807) is 13.1 Å². The Morgan fingerprint density at radius 3 is 2.61 bits per heavy atom. The Labute approximate surface area is 106 Å². The van der Waals surface area contributed by atoms with Crippen LogP contribution in [-0.2, 0) is 16.0 Å². The molecule has 1 rings (SSSR count). The van der Waals surface area contributed by atoms with E-state index in [4.69, 9.17) is 0 Å². The minimum absolute atomic E-state index is 0.0187. The van der Waals surface area contributed by atoms with Gasteiger partial charge in [0.25, 0.3) is 0 Å². The zero-order chi connectivity index (χ0) is 13.7. The second-order valence-corrected chi connectivity index (χ2v) is 4.00. The van der Waals surface area contributed by atoms with Crippen molar-refractivity contribution < 1.29 is 19.4 Å². The van der Waals surface area contributed by atoms with Crippen LogP contribution in [0.25, 0.3) is 0 Å². The van der Waals surface area contributed by atoms with Crippen LogP contribution in [0.5, 0.6) is 5.75 Å². The van der Waals surface area contributed by atoms with Crippen LogP contribution in [0.2, 0.25) is 0 Å². The second-order valence-electron chi connectivity index (χ2n) is 4.00. The van der Waals surface area contributed by atoms with Gasteiger partial charge in [-0.2, -0.15) is 0 Å². The number of rotatable bonds is 5. The van der Waals surface area contributed by atoms with Gasteiger partial charge in [0.2, 0.25) is 0 Å². The summed E-state index contributed by atoms with van der Waals surface area (Å²) < 4.78 is 4.57. The van der Waals surface area contributed by atoms with Gasteiger partial charge in [-0.1, -0.05) is 6.07 Å². The maximum absolute atomic E-state index is 11.4. The maximum Gasteiger partial charge on any atom is 0.341 e. The summed E-state index contributed by atoms with van der Waals surface area (Å²) in [4.78, 5) is 22.7. The third kappa shape index (κ3) is 3.30. The fraction of sp³-hybridized carbons (Fsp3) is 0.385. The van der Waals surface area contributed by atoms with Crippen molar-refractivity contribution in [3.05, 3.63) is 29.3 Å². The van der Waals surface area contributed by atoms with Crippen molar-refractivity contribution >= 4 is 11.8 Å². The molecule has 0 aliphatic rings. The van der Waals surface area contributed by atoms with E-state index in [0.717, 1.165) is 5.56 Å². The van der Waals surface area contributed by atoms with Gasteiger partial charge in [-0.25, -0.2) is 4.79 Å². The normalized spacial score (nSPS) is 11.9. The monoisotopic (exact) mass is 251 g/mol. The number of ether oxygens (including phenoxy) is 1. The molecule has 0 aromatic heterocycles. The van der Waals surface area contributed by atoms with Gasteiger partial charge in [0, 0.05) is 0 Å². The number of hydrogen-bond donors (Lipinski definition) is 2. The Morgan fingerprint density at radius 2 is 2.11 bits per heavy atom. The minimum Gasteiger partial charge on any atom is -0.507 e. The Kier molecular flexibility index (Phi) is 4.85. The van der Waals surface area contributed by atoms with Crippen molar-refractivity contribution in [1.82, 2.24) is 5.32 Å². The van der Waals surface area contributed by atoms with Crippen molar-refractivity contribution in [3.63, 3.8) is 0 Å². The Hall–Kier alpha value is -1.88. The van der Waals surface area contributed by atoms with Crippen LogP contribution >= 0.6 is 0 Å². The SMILES string of the molecule is CN[C@@H](Cc1ccc(O)c(C(=O)OC)c1)C(C)=O. The molecule has 0 spiro atoms. The van der Waals surface area contributed by atoms with Crippen LogP contribution in [0.4, 0.5) is 0 Å². The van der Waals surface area contributed by atoms with E-state index < -0.39 is 5.97 Å². The zero-order valence-electron chi connectivity index (χ0n) is 10.7. The van der Waals surface area contributed by atoms with Gasteiger partial charge in [-0.05, 0) is 38.1 Å². The summed E-state index contributed by atoms with van der Waals surface area (Å²) in [5, 5.41) is 12.5. The lowest BCUT2D eigenvalue weighted by Gasteiger charge is -2.13. The molecule has 5 nitrogen and oxygen atoms in total. The number of benzene rings is 1. The predicted molar refractivity (Wildman–Crippen MR) is 66.7 cm³/mol. The van der Waals surface area contributed by atoms with Crippen LogP contribution in [0.15, 0.2) is 18.2 Å². The first kappa shape index (κ1) is 14.2. The first-order valence-electron chi connectivity index (χ1n) is 5.57. The van der Waals surface area contributed by atoms with Crippen molar-refractivity contribution in [2.24, 2.45) is 0 Å². The molecular weight excluding hydrogens is 234 g/mol. The minimum atomic E-state index is -0.599. The van der Waals surface area contributed by atoms with Crippen molar-refractivity contribution in [1.29, 1.82) is 0 Å². The molecule has 0 amide bonds. The quantitative estimate of drug-likeness (QED) is 0.760. The summed E-state index contributed by atoms with van der Waals surface area (Å²) in [6.07, 6.45) is 0.454. The molecular formula is C13H17NO4. The summed E-state index contributed by atoms with van der Waals surface area (Å²) in [5.74, 6) is -0.710. The molecule has 0 bridgehead atoms. The molecule has 0 aliphatic heterocycles. The van der Waals surface area contributed by atoms with Crippen LogP contribution in [0.1, 0.15) is 22.8 Å². The number of likely N-dealkylation sites (N-methyl/N-ethyl adjacent to an activating group) is 1. The number of carbonyl (C=O) groups is 2. The number of nitrogens with one attached hydrogen (secondary N) is 1. The molecule has 0 aliphatic carbocycles. The zero-order valence-corrected chi connectivity index (χ0v) is 10.7. The fourth-order valence-corrected chi connectivity index (χ4v) is 1.67. The lowest BCUT2D eigenvalue weighted by molar-refractivity contribution is -0.118. The van der Waals surface area contributed by atoms with E-state index in [2.05, 4.69) is 10.1 Å². The third-order valence-electron chi connectivity index (χ3n) is 2.75. The fourth-order valence-electron chi connectivity index (χ4n) is 1.67. The average Bonchev–Trinajstić information content (AvgIpc) is 2.36. The Bertz CT molecular complexity index is 456. The molecule has 18 heavy (non-hydrogen) atoms. The number of aromatic hydroxyl groups is 1. The largest absolute Gasteiger partial charge is 0.507 e. The number of Topliss-reactive ketones (excluding diaryl/α,β-unsaturated/α-hetero) is 1. The number of phenols is 1. The molecule has 0 saturated heterocycles. The summed E-state index contributed by atoms with van der Waals surface area (Å²) in [7, 11) is 2.95. The first-order chi connectivity index (χ1) is 8.49. The van der Waals surface area contributed by atoms with Crippen molar-refractivity contribution in [2.75, 3.05) is 14.2 Å². The lowest BCUT2D eigenvalue weighted by Crippen LogP contribution is -2.34. The van der Waals surface area contributed by atoms with E-state index in [1.165, 1.54) is 26.2 Å². The van der Waals surface area contributed by atoms with Gasteiger partial charge in [0.05, 0.1) is 13.2 Å². The number of phenolic OH excluding ortho intramolecular Hbond substituents is 1. The highest BCUT2D eigenvalue weighted by Gasteiger charge is 2.16. The van der Waals surface area contributed by atoms with Crippen molar-refractivity contribution in [3.8, 4) is 5.75 Å². The summed E-state index contributed by atoms with van der Waals surface area (Å²) in [5.41, 5.74) is 0.885. The van der Waals surface area contributed by atoms with E-state index in [-0.39, 0.29) is 23.1 Å². The number of carbonyl (C=O) groups excluding carboxylic acids is 2. The average molecular weight is 251 g/mol. The Balaban J connectivity index is 2.98. The van der Waals surface area contributed by atoms with Gasteiger partial charge in [0.15, 0.2) is 0 Å². The molecule has 98 valence electrons.